The maximum Gasteiger partial charge on any atom is 0.167 e. The zero-order valence-corrected chi connectivity index (χ0v) is 7.68. The van der Waals surface area contributed by atoms with Crippen LogP contribution in [0, 0.1) is 10.8 Å². The molecule has 0 bridgehead atoms. The molecular formula is C11H10O2. The molecule has 3 aliphatic rings. The van der Waals surface area contributed by atoms with Gasteiger partial charge in [-0.05, 0) is 32.4 Å². The van der Waals surface area contributed by atoms with Crippen molar-refractivity contribution in [2.24, 2.45) is 10.8 Å². The van der Waals surface area contributed by atoms with Crippen LogP contribution in [0.1, 0.15) is 20.3 Å². The van der Waals surface area contributed by atoms with Crippen molar-refractivity contribution in [1.82, 2.24) is 0 Å². The zero-order valence-electron chi connectivity index (χ0n) is 7.68. The summed E-state index contributed by atoms with van der Waals surface area (Å²) < 4.78 is 0. The summed E-state index contributed by atoms with van der Waals surface area (Å²) in [6.45, 7) is 3.80. The monoisotopic (exact) mass is 174 g/mol. The third kappa shape index (κ3) is 0.438. The van der Waals surface area contributed by atoms with E-state index in [0.29, 0.717) is 0 Å². The van der Waals surface area contributed by atoms with Gasteiger partial charge in [-0.15, -0.1) is 0 Å². The SMILES string of the molecule is CC1=CC(=O)C23CC12C(=O)C=C3C. The van der Waals surface area contributed by atoms with Gasteiger partial charge in [-0.2, -0.15) is 0 Å². The molecule has 2 heteroatoms. The molecule has 3 aliphatic carbocycles. The Kier molecular flexibility index (Phi) is 0.872. The van der Waals surface area contributed by atoms with E-state index in [4.69, 9.17) is 0 Å². The summed E-state index contributed by atoms with van der Waals surface area (Å²) in [4.78, 5) is 23.4. The Labute approximate surface area is 76.3 Å². The van der Waals surface area contributed by atoms with Gasteiger partial charge in [0.15, 0.2) is 11.6 Å². The number of rotatable bonds is 0. The second-order valence-corrected chi connectivity index (χ2v) is 4.37. The zero-order chi connectivity index (χ0) is 9.43. The van der Waals surface area contributed by atoms with Crippen molar-refractivity contribution in [3.05, 3.63) is 23.3 Å². The highest BCUT2D eigenvalue weighted by Crippen LogP contribution is 2.78. The van der Waals surface area contributed by atoms with Gasteiger partial charge in [0.25, 0.3) is 0 Å². The van der Waals surface area contributed by atoms with E-state index in [0.717, 1.165) is 17.6 Å². The minimum atomic E-state index is -0.409. The van der Waals surface area contributed by atoms with E-state index in [1.807, 2.05) is 13.8 Å². The van der Waals surface area contributed by atoms with Gasteiger partial charge in [0, 0.05) is 0 Å². The molecule has 2 nitrogen and oxygen atoms in total. The first-order chi connectivity index (χ1) is 6.05. The van der Waals surface area contributed by atoms with Gasteiger partial charge in [0.2, 0.25) is 0 Å². The van der Waals surface area contributed by atoms with E-state index < -0.39 is 10.8 Å². The second-order valence-electron chi connectivity index (χ2n) is 4.37. The van der Waals surface area contributed by atoms with Crippen LogP contribution in [0.15, 0.2) is 23.3 Å². The highest BCUT2D eigenvalue weighted by molar-refractivity contribution is 6.20. The van der Waals surface area contributed by atoms with Crippen LogP contribution in [0.2, 0.25) is 0 Å². The van der Waals surface area contributed by atoms with Crippen LogP contribution in [0.5, 0.6) is 0 Å². The molecule has 0 saturated heterocycles. The van der Waals surface area contributed by atoms with Crippen molar-refractivity contribution in [3.63, 3.8) is 0 Å². The van der Waals surface area contributed by atoms with E-state index in [2.05, 4.69) is 0 Å². The molecule has 0 aromatic rings. The summed E-state index contributed by atoms with van der Waals surface area (Å²) in [5, 5.41) is 0. The van der Waals surface area contributed by atoms with Gasteiger partial charge in [0.05, 0.1) is 10.8 Å². The first-order valence-corrected chi connectivity index (χ1v) is 4.52. The van der Waals surface area contributed by atoms with Crippen molar-refractivity contribution in [1.29, 1.82) is 0 Å². The molecule has 0 N–H and O–H groups in total. The predicted octanol–water partition coefficient (Wildman–Crippen LogP) is 1.42. The number of ketones is 2. The lowest BCUT2D eigenvalue weighted by Crippen LogP contribution is -2.17. The normalized spacial score (nSPS) is 45.7. The summed E-state index contributed by atoms with van der Waals surface area (Å²) in [5.74, 6) is 0.286. The fourth-order valence-electron chi connectivity index (χ4n) is 3.18. The van der Waals surface area contributed by atoms with Gasteiger partial charge < -0.3 is 0 Å². The number of hydrogen-bond donors (Lipinski definition) is 0. The molecule has 0 aromatic carbocycles. The van der Waals surface area contributed by atoms with Gasteiger partial charge in [-0.25, -0.2) is 0 Å². The van der Waals surface area contributed by atoms with Crippen molar-refractivity contribution in [2.75, 3.05) is 0 Å². The Bertz CT molecular complexity index is 387. The Hall–Kier alpha value is -1.18. The predicted molar refractivity (Wildman–Crippen MR) is 47.0 cm³/mol. The molecular weight excluding hydrogens is 164 g/mol. The summed E-state index contributed by atoms with van der Waals surface area (Å²) in [7, 11) is 0. The number of carbonyl (C=O) groups excluding carboxylic acids is 2. The standard InChI is InChI=1S/C11H10O2/c1-6-3-8(12)11-5-10(6,11)9(13)4-7(11)2/h3-4H,5H2,1-2H3. The van der Waals surface area contributed by atoms with Crippen LogP contribution < -0.4 is 0 Å². The first-order valence-electron chi connectivity index (χ1n) is 4.52. The van der Waals surface area contributed by atoms with Crippen molar-refractivity contribution >= 4 is 11.6 Å². The molecule has 66 valence electrons. The molecule has 0 amide bonds. The minimum absolute atomic E-state index is 0.143. The Morgan fingerprint density at radius 3 is 1.69 bits per heavy atom. The Morgan fingerprint density at radius 2 is 1.38 bits per heavy atom. The molecule has 0 aliphatic heterocycles. The first kappa shape index (κ1) is 7.25. The third-order valence-electron chi connectivity index (χ3n) is 4.02. The molecule has 0 aromatic heterocycles. The van der Waals surface area contributed by atoms with Gasteiger partial charge >= 0.3 is 0 Å². The van der Waals surface area contributed by atoms with Crippen molar-refractivity contribution < 1.29 is 9.59 Å². The molecule has 13 heavy (non-hydrogen) atoms. The number of allylic oxidation sites excluding steroid dienone is 4. The minimum Gasteiger partial charge on any atom is -0.294 e. The fourth-order valence-corrected chi connectivity index (χ4v) is 3.18. The maximum atomic E-state index is 11.7. The molecule has 0 spiro atoms. The quantitative estimate of drug-likeness (QED) is 0.556. The topological polar surface area (TPSA) is 34.1 Å². The average molecular weight is 174 g/mol. The fraction of sp³-hybridized carbons (Fsp3) is 0.455. The van der Waals surface area contributed by atoms with E-state index in [9.17, 15) is 9.59 Å². The highest BCUT2D eigenvalue weighted by atomic mass is 16.1. The van der Waals surface area contributed by atoms with Crippen LogP contribution >= 0.6 is 0 Å². The lowest BCUT2D eigenvalue weighted by atomic mass is 9.90. The second kappa shape index (κ2) is 1.57. The highest BCUT2D eigenvalue weighted by Gasteiger charge is 2.81. The number of hydrogen-bond acceptors (Lipinski definition) is 2. The van der Waals surface area contributed by atoms with Crippen LogP contribution in [-0.4, -0.2) is 11.6 Å². The summed E-state index contributed by atoms with van der Waals surface area (Å²) >= 11 is 0. The van der Waals surface area contributed by atoms with Crippen LogP contribution in [-0.2, 0) is 9.59 Å². The van der Waals surface area contributed by atoms with Crippen molar-refractivity contribution in [3.8, 4) is 0 Å². The van der Waals surface area contributed by atoms with Crippen molar-refractivity contribution in [2.45, 2.75) is 20.3 Å². The maximum absolute atomic E-state index is 11.7. The molecule has 3 rings (SSSR count). The largest absolute Gasteiger partial charge is 0.294 e. The van der Waals surface area contributed by atoms with Gasteiger partial charge in [0.1, 0.15) is 0 Å². The molecule has 0 heterocycles. The summed E-state index contributed by atoms with van der Waals surface area (Å²) in [6.07, 6.45) is 4.04. The van der Waals surface area contributed by atoms with Crippen LogP contribution in [0.3, 0.4) is 0 Å². The van der Waals surface area contributed by atoms with Gasteiger partial charge in [-0.3, -0.25) is 9.59 Å². The average Bonchev–Trinajstić information content (AvgIpc) is 2.64. The number of carbonyl (C=O) groups is 2. The smallest absolute Gasteiger partial charge is 0.167 e. The van der Waals surface area contributed by atoms with Gasteiger partial charge in [-0.1, -0.05) is 11.1 Å². The van der Waals surface area contributed by atoms with Crippen LogP contribution in [0.25, 0.3) is 0 Å². The Balaban J connectivity index is 2.30. The lowest BCUT2D eigenvalue weighted by Gasteiger charge is -2.08. The molecule has 2 unspecified atom stereocenters. The third-order valence-corrected chi connectivity index (χ3v) is 4.02. The van der Waals surface area contributed by atoms with E-state index in [-0.39, 0.29) is 11.6 Å². The van der Waals surface area contributed by atoms with E-state index >= 15 is 0 Å². The molecule has 2 atom stereocenters. The lowest BCUT2D eigenvalue weighted by molar-refractivity contribution is -0.122. The van der Waals surface area contributed by atoms with E-state index in [1.165, 1.54) is 0 Å². The Morgan fingerprint density at radius 1 is 1.00 bits per heavy atom. The van der Waals surface area contributed by atoms with E-state index in [1.54, 1.807) is 12.2 Å². The molecule has 1 saturated carbocycles. The summed E-state index contributed by atoms with van der Waals surface area (Å²) in [5.41, 5.74) is 1.12. The molecule has 1 fully saturated rings. The molecule has 0 radical (unpaired) electrons. The summed E-state index contributed by atoms with van der Waals surface area (Å²) in [6, 6.07) is 0. The van der Waals surface area contributed by atoms with Crippen LogP contribution in [0.4, 0.5) is 0 Å².